The lowest BCUT2D eigenvalue weighted by Crippen LogP contribution is -2.48. The topological polar surface area (TPSA) is 47.1 Å². The molecule has 2 fully saturated rings. The molecule has 1 saturated heterocycles. The Kier molecular flexibility index (Phi) is 4.23. The van der Waals surface area contributed by atoms with Gasteiger partial charge < -0.3 is 9.87 Å². The Morgan fingerprint density at radius 3 is 2.54 bits per heavy atom. The Balaban J connectivity index is 1.69. The summed E-state index contributed by atoms with van der Waals surface area (Å²) in [7, 11) is 0. The minimum Gasteiger partial charge on any atom is -0.598 e. The van der Waals surface area contributed by atoms with Crippen LogP contribution in [0.1, 0.15) is 75.1 Å². The lowest BCUT2D eigenvalue weighted by atomic mass is 9.73. The van der Waals surface area contributed by atoms with Crippen LogP contribution in [0, 0.1) is 5.41 Å². The summed E-state index contributed by atoms with van der Waals surface area (Å²) in [5.41, 5.74) is 4.63. The van der Waals surface area contributed by atoms with Crippen LogP contribution in [0.3, 0.4) is 0 Å². The van der Waals surface area contributed by atoms with Gasteiger partial charge in [-0.1, -0.05) is 18.2 Å². The van der Waals surface area contributed by atoms with Crippen LogP contribution in [0.4, 0.5) is 0 Å². The van der Waals surface area contributed by atoms with E-state index in [1.807, 2.05) is 0 Å². The zero-order valence-electron chi connectivity index (χ0n) is 15.2. The molecule has 2 atom stereocenters. The molecule has 24 heavy (non-hydrogen) atoms. The van der Waals surface area contributed by atoms with Crippen LogP contribution in [0.2, 0.25) is 0 Å². The van der Waals surface area contributed by atoms with E-state index < -0.39 is 11.4 Å². The first-order chi connectivity index (χ1) is 11.4. The van der Waals surface area contributed by atoms with Crippen molar-refractivity contribution >= 4 is 11.4 Å². The molecule has 3 nitrogen and oxygen atoms in total. The highest BCUT2D eigenvalue weighted by Gasteiger charge is 2.49. The maximum absolute atomic E-state index is 12.9. The first kappa shape index (κ1) is 16.9. The Labute approximate surface area is 149 Å². The summed E-state index contributed by atoms with van der Waals surface area (Å²) in [5.74, 6) is 0.772. The van der Waals surface area contributed by atoms with Crippen molar-refractivity contribution in [1.29, 1.82) is 0 Å². The Morgan fingerprint density at radius 2 is 1.92 bits per heavy atom. The molecule has 4 heteroatoms. The Morgan fingerprint density at radius 1 is 1.21 bits per heavy atom. The van der Waals surface area contributed by atoms with Gasteiger partial charge >= 0.3 is 0 Å². The van der Waals surface area contributed by atoms with Gasteiger partial charge in [0.2, 0.25) is 0 Å². The summed E-state index contributed by atoms with van der Waals surface area (Å²) in [6, 6.07) is 7.36. The summed E-state index contributed by atoms with van der Waals surface area (Å²) in [6.07, 6.45) is 6.13. The van der Waals surface area contributed by atoms with Gasteiger partial charge in [-0.2, -0.15) is 0 Å². The average Bonchev–Trinajstić information content (AvgIpc) is 3.34. The minimum atomic E-state index is -1.03. The van der Waals surface area contributed by atoms with E-state index in [0.717, 1.165) is 25.4 Å². The van der Waals surface area contributed by atoms with Crippen LogP contribution in [-0.2, 0) is 17.8 Å². The van der Waals surface area contributed by atoms with Gasteiger partial charge in [0, 0.05) is 16.8 Å². The first-order valence-corrected chi connectivity index (χ1v) is 10.6. The highest BCUT2D eigenvalue weighted by atomic mass is 32.2. The molecule has 1 saturated carbocycles. The van der Waals surface area contributed by atoms with E-state index in [4.69, 9.17) is 0 Å². The molecule has 1 aliphatic heterocycles. The summed E-state index contributed by atoms with van der Waals surface area (Å²) in [5, 5.41) is 3.50. The second-order valence-corrected chi connectivity index (χ2v) is 11.0. The molecule has 1 aromatic rings. The molecule has 4 rings (SSSR count). The van der Waals surface area contributed by atoms with Gasteiger partial charge in [-0.15, -0.1) is 4.72 Å². The van der Waals surface area contributed by atoms with Crippen LogP contribution in [0.5, 0.6) is 0 Å². The minimum absolute atomic E-state index is 0.230. The molecule has 0 unspecified atom stereocenters. The molecule has 132 valence electrons. The quantitative estimate of drug-likeness (QED) is 0.822. The SMILES string of the molecule is CC(C)(C)[S@@+]([O-])N[C@@H]1c2cc(C3CC3)ccc2CC12CCNCC2. The fraction of sp³-hybridized carbons (Fsp3) is 0.700. The fourth-order valence-electron chi connectivity index (χ4n) is 4.39. The zero-order valence-corrected chi connectivity index (χ0v) is 16.0. The van der Waals surface area contributed by atoms with Gasteiger partial charge in [0.15, 0.2) is 0 Å². The Bertz CT molecular complexity index is 615. The molecule has 0 radical (unpaired) electrons. The fourth-order valence-corrected chi connectivity index (χ4v) is 5.33. The number of hydrogen-bond donors (Lipinski definition) is 2. The lowest BCUT2D eigenvalue weighted by Gasteiger charge is -2.40. The van der Waals surface area contributed by atoms with Gasteiger partial charge in [-0.3, -0.25) is 0 Å². The second-order valence-electron chi connectivity index (χ2n) is 8.95. The van der Waals surface area contributed by atoms with E-state index >= 15 is 0 Å². The third-order valence-corrected chi connectivity index (χ3v) is 7.63. The molecule has 0 amide bonds. The largest absolute Gasteiger partial charge is 0.598 e. The molecule has 1 aromatic carbocycles. The van der Waals surface area contributed by atoms with Gasteiger partial charge in [-0.05, 0) is 88.6 Å². The van der Waals surface area contributed by atoms with Gasteiger partial charge in [0.25, 0.3) is 0 Å². The molecule has 1 heterocycles. The number of benzene rings is 1. The molecule has 3 aliphatic rings. The van der Waals surface area contributed by atoms with Gasteiger partial charge in [0.05, 0.1) is 6.04 Å². The van der Waals surface area contributed by atoms with Crippen molar-refractivity contribution in [3.63, 3.8) is 0 Å². The smallest absolute Gasteiger partial charge is 0.136 e. The van der Waals surface area contributed by atoms with Crippen molar-refractivity contribution in [1.82, 2.24) is 10.0 Å². The van der Waals surface area contributed by atoms with Crippen molar-refractivity contribution in [3.8, 4) is 0 Å². The van der Waals surface area contributed by atoms with E-state index in [1.54, 1.807) is 0 Å². The molecule has 0 aromatic heterocycles. The average molecular weight is 347 g/mol. The standard InChI is InChI=1S/C20H30N2OS/c1-19(2,3)24(23)22-18-17-12-15(14-4-5-14)6-7-16(17)13-20(18)8-10-21-11-9-20/h6-7,12,14,18,21-22H,4-5,8-11,13H2,1-3H3/t18-,24-/m1/s1. The summed E-state index contributed by atoms with van der Waals surface area (Å²) < 4.78 is 16.2. The van der Waals surface area contributed by atoms with E-state index in [2.05, 4.69) is 49.0 Å². The number of piperidine rings is 1. The van der Waals surface area contributed by atoms with Crippen molar-refractivity contribution < 1.29 is 4.55 Å². The number of rotatable bonds is 3. The van der Waals surface area contributed by atoms with Crippen LogP contribution in [0.25, 0.3) is 0 Å². The monoisotopic (exact) mass is 346 g/mol. The molecular formula is C20H30N2OS. The van der Waals surface area contributed by atoms with Crippen LogP contribution < -0.4 is 10.0 Å². The van der Waals surface area contributed by atoms with Crippen molar-refractivity contribution in [3.05, 3.63) is 34.9 Å². The molecule has 1 spiro atoms. The summed E-state index contributed by atoms with van der Waals surface area (Å²) in [4.78, 5) is 0. The van der Waals surface area contributed by atoms with Crippen LogP contribution in [0.15, 0.2) is 18.2 Å². The number of hydrogen-bond acceptors (Lipinski definition) is 3. The van der Waals surface area contributed by atoms with E-state index in [9.17, 15) is 4.55 Å². The third-order valence-electron chi connectivity index (χ3n) is 6.06. The second kappa shape index (κ2) is 6.01. The maximum atomic E-state index is 12.9. The normalized spacial score (nSPS) is 27.2. The van der Waals surface area contributed by atoms with Crippen LogP contribution >= 0.6 is 0 Å². The predicted molar refractivity (Wildman–Crippen MR) is 100 cm³/mol. The highest BCUT2D eigenvalue weighted by molar-refractivity contribution is 7.90. The predicted octanol–water partition coefficient (Wildman–Crippen LogP) is 3.58. The molecule has 2 N–H and O–H groups in total. The highest BCUT2D eigenvalue weighted by Crippen LogP contribution is 2.53. The van der Waals surface area contributed by atoms with Gasteiger partial charge in [-0.25, -0.2) is 0 Å². The van der Waals surface area contributed by atoms with Crippen molar-refractivity contribution in [2.24, 2.45) is 5.41 Å². The first-order valence-electron chi connectivity index (χ1n) is 9.41. The third kappa shape index (κ3) is 3.03. The number of nitrogens with one attached hydrogen (secondary N) is 2. The maximum Gasteiger partial charge on any atom is 0.136 e. The zero-order chi connectivity index (χ0) is 16.9. The van der Waals surface area contributed by atoms with E-state index in [0.29, 0.717) is 0 Å². The van der Waals surface area contributed by atoms with Crippen LogP contribution in [-0.4, -0.2) is 22.4 Å². The molecule has 0 bridgehead atoms. The lowest BCUT2D eigenvalue weighted by molar-refractivity contribution is 0.163. The van der Waals surface area contributed by atoms with E-state index in [-0.39, 0.29) is 16.2 Å². The van der Waals surface area contributed by atoms with E-state index in [1.165, 1.54) is 42.4 Å². The van der Waals surface area contributed by atoms with Gasteiger partial charge in [0.1, 0.15) is 4.75 Å². The molecule has 2 aliphatic carbocycles. The summed E-state index contributed by atoms with van der Waals surface area (Å²) in [6.45, 7) is 8.32. The summed E-state index contributed by atoms with van der Waals surface area (Å²) >= 11 is -1.03. The Hall–Kier alpha value is -0.550. The van der Waals surface area contributed by atoms with Crippen molar-refractivity contribution in [2.45, 2.75) is 69.6 Å². The number of fused-ring (bicyclic) bond motifs is 1. The van der Waals surface area contributed by atoms with Crippen molar-refractivity contribution in [2.75, 3.05) is 13.1 Å². The molecular weight excluding hydrogens is 316 g/mol.